The second-order valence-electron chi connectivity index (χ2n) is 3.94. The molecule has 2 N–H and O–H groups in total. The Morgan fingerprint density at radius 1 is 1.50 bits per heavy atom. The molecule has 0 radical (unpaired) electrons. The van der Waals surface area contributed by atoms with Gasteiger partial charge in [-0.3, -0.25) is 0 Å². The number of hydrogen-bond acceptors (Lipinski definition) is 4. The quantitative estimate of drug-likeness (QED) is 0.772. The molecule has 0 saturated carbocycles. The maximum atomic E-state index is 11.2. The Balaban J connectivity index is 2.43. The molecule has 0 aromatic carbocycles. The van der Waals surface area contributed by atoms with Gasteiger partial charge >= 0.3 is 5.69 Å². The molecule has 6 heteroatoms. The topological polar surface area (TPSA) is 75.1 Å². The number of likely N-dealkylation sites (N-methyl/N-ethyl adjacent to an activating group) is 1. The Bertz CT molecular complexity index is 543. The summed E-state index contributed by atoms with van der Waals surface area (Å²) in [6.07, 6.45) is 1.51. The Morgan fingerprint density at radius 3 is 2.94 bits per heavy atom. The first-order valence-electron chi connectivity index (χ1n) is 5.23. The predicted octanol–water partition coefficient (Wildman–Crippen LogP) is 0.129. The Morgan fingerprint density at radius 2 is 2.25 bits per heavy atom. The number of hydrogen-bond donors (Lipinski definition) is 2. The first kappa shape index (κ1) is 10.8. The first-order valence-corrected chi connectivity index (χ1v) is 5.23. The normalized spacial score (nSPS) is 15.2. The van der Waals surface area contributed by atoms with Gasteiger partial charge in [-0.15, -0.1) is 0 Å². The van der Waals surface area contributed by atoms with E-state index in [2.05, 4.69) is 34.3 Å². The van der Waals surface area contributed by atoms with Crippen LogP contribution in [0.5, 0.6) is 0 Å². The van der Waals surface area contributed by atoms with E-state index in [4.69, 9.17) is 0 Å². The van der Waals surface area contributed by atoms with E-state index in [0.717, 1.165) is 5.69 Å². The van der Waals surface area contributed by atoms with E-state index in [1.165, 1.54) is 10.7 Å². The average Bonchev–Trinajstić information content (AvgIpc) is 2.68. The van der Waals surface area contributed by atoms with Crippen LogP contribution in [-0.4, -0.2) is 32.7 Å². The van der Waals surface area contributed by atoms with Gasteiger partial charge < -0.3 is 5.32 Å². The number of fused-ring (bicyclic) bond motifs is 1. The molecule has 16 heavy (non-hydrogen) atoms. The lowest BCUT2D eigenvalue weighted by molar-refractivity contribution is 0.514. The maximum Gasteiger partial charge on any atom is 0.348 e. The molecule has 0 spiro atoms. The van der Waals surface area contributed by atoms with E-state index in [1.54, 1.807) is 0 Å². The van der Waals surface area contributed by atoms with Crippen molar-refractivity contribution >= 4 is 5.65 Å². The van der Waals surface area contributed by atoms with Crippen molar-refractivity contribution in [2.24, 2.45) is 0 Å². The van der Waals surface area contributed by atoms with Crippen LogP contribution in [0.15, 0.2) is 17.2 Å². The molecular formula is C10H15N5O. The van der Waals surface area contributed by atoms with Gasteiger partial charge in [-0.05, 0) is 14.0 Å². The summed E-state index contributed by atoms with van der Waals surface area (Å²) < 4.78 is 1.39. The minimum absolute atomic E-state index is 0.261. The fourth-order valence-electron chi connectivity index (χ4n) is 1.58. The van der Waals surface area contributed by atoms with Gasteiger partial charge in [0, 0.05) is 18.0 Å². The van der Waals surface area contributed by atoms with Gasteiger partial charge in [0.15, 0.2) is 5.65 Å². The van der Waals surface area contributed by atoms with E-state index in [9.17, 15) is 4.79 Å². The van der Waals surface area contributed by atoms with Crippen molar-refractivity contribution in [3.8, 4) is 0 Å². The molecular weight excluding hydrogens is 206 g/mol. The molecule has 2 atom stereocenters. The zero-order valence-electron chi connectivity index (χ0n) is 9.56. The molecule has 2 heterocycles. The van der Waals surface area contributed by atoms with Crippen molar-refractivity contribution in [2.45, 2.75) is 25.8 Å². The maximum absolute atomic E-state index is 11.2. The second-order valence-corrected chi connectivity index (χ2v) is 3.94. The average molecular weight is 221 g/mol. The molecule has 2 aromatic rings. The molecule has 86 valence electrons. The van der Waals surface area contributed by atoms with Crippen LogP contribution in [0, 0.1) is 0 Å². The number of aromatic amines is 1. The van der Waals surface area contributed by atoms with Crippen LogP contribution in [0.3, 0.4) is 0 Å². The largest absolute Gasteiger partial charge is 0.348 e. The van der Waals surface area contributed by atoms with E-state index < -0.39 is 0 Å². The molecule has 0 bridgehead atoms. The summed E-state index contributed by atoms with van der Waals surface area (Å²) in [5, 5.41) is 9.48. The fraction of sp³-hybridized carbons (Fsp3) is 0.500. The highest BCUT2D eigenvalue weighted by Crippen LogP contribution is 2.16. The third-order valence-electron chi connectivity index (χ3n) is 3.00. The van der Waals surface area contributed by atoms with Crippen LogP contribution in [0.1, 0.15) is 25.5 Å². The van der Waals surface area contributed by atoms with Crippen LogP contribution in [0.4, 0.5) is 0 Å². The molecule has 0 fully saturated rings. The summed E-state index contributed by atoms with van der Waals surface area (Å²) in [7, 11) is 1.92. The standard InChI is InChI=1S/C10H15N5O/c1-6(7(2)11-3)8-4-9-13-14-10(16)15(9)5-12-8/h4-7,11H,1-3H3,(H,14,16). The molecule has 2 aromatic heterocycles. The first-order chi connectivity index (χ1) is 7.63. The van der Waals surface area contributed by atoms with Gasteiger partial charge in [-0.2, -0.15) is 5.10 Å². The number of aromatic nitrogens is 4. The predicted molar refractivity (Wildman–Crippen MR) is 60.5 cm³/mol. The van der Waals surface area contributed by atoms with Crippen LogP contribution in [0.2, 0.25) is 0 Å². The summed E-state index contributed by atoms with van der Waals surface area (Å²) >= 11 is 0. The highest BCUT2D eigenvalue weighted by atomic mass is 16.1. The van der Waals surface area contributed by atoms with Gasteiger partial charge in [-0.1, -0.05) is 6.92 Å². The molecule has 2 unspecified atom stereocenters. The zero-order valence-corrected chi connectivity index (χ0v) is 9.56. The van der Waals surface area contributed by atoms with Crippen molar-refractivity contribution in [2.75, 3.05) is 7.05 Å². The molecule has 2 rings (SSSR count). The summed E-state index contributed by atoms with van der Waals surface area (Å²) in [5.74, 6) is 0.266. The van der Waals surface area contributed by atoms with E-state index in [-0.39, 0.29) is 11.6 Å². The smallest absolute Gasteiger partial charge is 0.317 e. The van der Waals surface area contributed by atoms with Gasteiger partial charge in [-0.25, -0.2) is 19.3 Å². The van der Waals surface area contributed by atoms with Crippen LogP contribution < -0.4 is 11.0 Å². The van der Waals surface area contributed by atoms with Crippen LogP contribution >= 0.6 is 0 Å². The molecule has 0 aliphatic carbocycles. The number of nitrogens with one attached hydrogen (secondary N) is 2. The van der Waals surface area contributed by atoms with Gasteiger partial charge in [0.1, 0.15) is 6.33 Å². The highest BCUT2D eigenvalue weighted by molar-refractivity contribution is 5.37. The molecule has 0 saturated heterocycles. The minimum atomic E-state index is -0.261. The van der Waals surface area contributed by atoms with Crippen LogP contribution in [-0.2, 0) is 0 Å². The Labute approximate surface area is 92.7 Å². The summed E-state index contributed by atoms with van der Waals surface area (Å²) in [4.78, 5) is 15.5. The van der Waals surface area contributed by atoms with Gasteiger partial charge in [0.05, 0.1) is 5.69 Å². The third kappa shape index (κ3) is 1.71. The van der Waals surface area contributed by atoms with Crippen molar-refractivity contribution in [3.63, 3.8) is 0 Å². The highest BCUT2D eigenvalue weighted by Gasteiger charge is 2.15. The minimum Gasteiger partial charge on any atom is -0.317 e. The molecule has 0 amide bonds. The van der Waals surface area contributed by atoms with Crippen molar-refractivity contribution in [1.82, 2.24) is 24.9 Å². The fourth-order valence-corrected chi connectivity index (χ4v) is 1.58. The lowest BCUT2D eigenvalue weighted by atomic mass is 10.00. The Hall–Kier alpha value is -1.69. The SMILES string of the molecule is CNC(C)C(C)c1cc2n[nH]c(=O)n2cn1. The van der Waals surface area contributed by atoms with E-state index in [1.807, 2.05) is 13.1 Å². The lowest BCUT2D eigenvalue weighted by Gasteiger charge is -2.18. The van der Waals surface area contributed by atoms with Crippen molar-refractivity contribution in [3.05, 3.63) is 28.6 Å². The number of H-pyrrole nitrogens is 1. The van der Waals surface area contributed by atoms with Crippen molar-refractivity contribution < 1.29 is 0 Å². The summed E-state index contributed by atoms with van der Waals surface area (Å²) in [5.41, 5.74) is 1.27. The zero-order chi connectivity index (χ0) is 11.7. The van der Waals surface area contributed by atoms with E-state index in [0.29, 0.717) is 11.7 Å². The van der Waals surface area contributed by atoms with Gasteiger partial charge in [0.25, 0.3) is 0 Å². The van der Waals surface area contributed by atoms with Crippen molar-refractivity contribution in [1.29, 1.82) is 0 Å². The lowest BCUT2D eigenvalue weighted by Crippen LogP contribution is -2.27. The molecule has 0 aliphatic heterocycles. The number of rotatable bonds is 3. The Kier molecular flexibility index (Phi) is 2.74. The third-order valence-corrected chi connectivity index (χ3v) is 3.00. The number of nitrogens with zero attached hydrogens (tertiary/aromatic N) is 3. The second kappa shape index (κ2) is 4.05. The van der Waals surface area contributed by atoms with Gasteiger partial charge in [0.2, 0.25) is 0 Å². The summed E-state index contributed by atoms with van der Waals surface area (Å²) in [6, 6.07) is 2.15. The molecule has 6 nitrogen and oxygen atoms in total. The van der Waals surface area contributed by atoms with E-state index >= 15 is 0 Å². The molecule has 0 aliphatic rings. The summed E-state index contributed by atoms with van der Waals surface area (Å²) in [6.45, 7) is 4.18. The van der Waals surface area contributed by atoms with Crippen LogP contribution in [0.25, 0.3) is 5.65 Å². The monoisotopic (exact) mass is 221 g/mol.